The van der Waals surface area contributed by atoms with Gasteiger partial charge in [0, 0.05) is 44.8 Å². The molecule has 6 nitrogen and oxygen atoms in total. The molecule has 3 heterocycles. The molecule has 0 aliphatic carbocycles. The summed E-state index contributed by atoms with van der Waals surface area (Å²) in [7, 11) is 0. The Bertz CT molecular complexity index is 815. The predicted octanol–water partition coefficient (Wildman–Crippen LogP) is 2.32. The third-order valence-corrected chi connectivity index (χ3v) is 5.12. The van der Waals surface area contributed by atoms with Crippen LogP contribution in [0.3, 0.4) is 0 Å². The fourth-order valence-electron chi connectivity index (χ4n) is 3.55. The van der Waals surface area contributed by atoms with E-state index in [0.717, 1.165) is 36.9 Å². The second-order valence-electron chi connectivity index (χ2n) is 6.85. The van der Waals surface area contributed by atoms with Gasteiger partial charge in [-0.1, -0.05) is 0 Å². The van der Waals surface area contributed by atoms with E-state index in [4.69, 9.17) is 0 Å². The number of halogens is 2. The third-order valence-electron chi connectivity index (χ3n) is 5.12. The number of piperazine rings is 1. The summed E-state index contributed by atoms with van der Waals surface area (Å²) < 4.78 is 26.4. The van der Waals surface area contributed by atoms with Crippen molar-refractivity contribution in [3.05, 3.63) is 47.5 Å². The Hall–Kier alpha value is -2.77. The highest BCUT2D eigenvalue weighted by Crippen LogP contribution is 2.20. The van der Waals surface area contributed by atoms with Gasteiger partial charge in [-0.2, -0.15) is 0 Å². The van der Waals surface area contributed by atoms with Crippen molar-refractivity contribution in [2.45, 2.75) is 12.8 Å². The van der Waals surface area contributed by atoms with E-state index in [2.05, 4.69) is 20.0 Å². The summed E-state index contributed by atoms with van der Waals surface area (Å²) in [5.74, 6) is -0.550. The molecule has 27 heavy (non-hydrogen) atoms. The lowest BCUT2D eigenvalue weighted by Crippen LogP contribution is -2.49. The minimum atomic E-state index is -1.01. The lowest BCUT2D eigenvalue weighted by atomic mass is 10.1. The molecule has 8 heteroatoms. The van der Waals surface area contributed by atoms with Crippen LogP contribution in [0.2, 0.25) is 0 Å². The van der Waals surface area contributed by atoms with Gasteiger partial charge in [-0.05, 0) is 43.2 Å². The molecule has 0 spiro atoms. The van der Waals surface area contributed by atoms with Crippen molar-refractivity contribution in [3.8, 4) is 0 Å². The Kier molecular flexibility index (Phi) is 4.87. The third kappa shape index (κ3) is 3.70. The largest absolute Gasteiger partial charge is 0.355 e. The van der Waals surface area contributed by atoms with Gasteiger partial charge >= 0.3 is 0 Å². The number of nitrogens with zero attached hydrogens (tertiary/aromatic N) is 5. The van der Waals surface area contributed by atoms with Gasteiger partial charge in [-0.3, -0.25) is 4.79 Å². The SMILES string of the molecule is O=C(c1ccc(F)c(F)c1)N1CCN(c2ccc(N3CCCC3)nn2)CC1. The van der Waals surface area contributed by atoms with Crippen LogP contribution < -0.4 is 9.80 Å². The molecule has 2 saturated heterocycles. The van der Waals surface area contributed by atoms with Crippen LogP contribution in [0, 0.1) is 11.6 Å². The van der Waals surface area contributed by atoms with Crippen molar-refractivity contribution in [1.82, 2.24) is 15.1 Å². The monoisotopic (exact) mass is 373 g/mol. The van der Waals surface area contributed by atoms with E-state index in [9.17, 15) is 13.6 Å². The first-order chi connectivity index (χ1) is 13.1. The van der Waals surface area contributed by atoms with E-state index in [1.54, 1.807) is 4.90 Å². The summed E-state index contributed by atoms with van der Waals surface area (Å²) in [5.41, 5.74) is 0.164. The van der Waals surface area contributed by atoms with Gasteiger partial charge in [0.15, 0.2) is 23.3 Å². The van der Waals surface area contributed by atoms with E-state index < -0.39 is 11.6 Å². The predicted molar refractivity (Wildman–Crippen MR) is 98.0 cm³/mol. The van der Waals surface area contributed by atoms with Crippen LogP contribution in [0.4, 0.5) is 20.4 Å². The van der Waals surface area contributed by atoms with Crippen LogP contribution in [0.15, 0.2) is 30.3 Å². The molecule has 1 aromatic heterocycles. The van der Waals surface area contributed by atoms with Gasteiger partial charge in [0.05, 0.1) is 0 Å². The molecular weight excluding hydrogens is 352 g/mol. The highest BCUT2D eigenvalue weighted by Gasteiger charge is 2.24. The number of carbonyl (C=O) groups is 1. The highest BCUT2D eigenvalue weighted by atomic mass is 19.2. The maximum absolute atomic E-state index is 13.4. The van der Waals surface area contributed by atoms with Gasteiger partial charge in [0.25, 0.3) is 5.91 Å². The molecule has 0 unspecified atom stereocenters. The fourth-order valence-corrected chi connectivity index (χ4v) is 3.55. The molecule has 0 N–H and O–H groups in total. The second kappa shape index (κ2) is 7.46. The first kappa shape index (κ1) is 17.6. The van der Waals surface area contributed by atoms with Gasteiger partial charge in [-0.15, -0.1) is 10.2 Å². The number of hydrogen-bond donors (Lipinski definition) is 0. The topological polar surface area (TPSA) is 52.6 Å². The molecule has 2 aliphatic rings. The average Bonchev–Trinajstić information content (AvgIpc) is 3.25. The number of amides is 1. The smallest absolute Gasteiger partial charge is 0.254 e. The average molecular weight is 373 g/mol. The van der Waals surface area contributed by atoms with Gasteiger partial charge in [-0.25, -0.2) is 8.78 Å². The van der Waals surface area contributed by atoms with Crippen LogP contribution >= 0.6 is 0 Å². The van der Waals surface area contributed by atoms with Crippen LogP contribution in [0.5, 0.6) is 0 Å². The number of anilines is 2. The number of aromatic nitrogens is 2. The quantitative estimate of drug-likeness (QED) is 0.827. The van der Waals surface area contributed by atoms with Crippen molar-refractivity contribution < 1.29 is 13.6 Å². The van der Waals surface area contributed by atoms with E-state index >= 15 is 0 Å². The summed E-state index contributed by atoms with van der Waals surface area (Å²) in [6.45, 7) is 4.28. The number of benzene rings is 1. The first-order valence-electron chi connectivity index (χ1n) is 9.20. The fraction of sp³-hybridized carbons (Fsp3) is 0.421. The van der Waals surface area contributed by atoms with Crippen molar-refractivity contribution in [2.24, 2.45) is 0 Å². The van der Waals surface area contributed by atoms with Crippen LogP contribution in [-0.4, -0.2) is 60.3 Å². The molecule has 2 aromatic rings. The maximum atomic E-state index is 13.4. The number of hydrogen-bond acceptors (Lipinski definition) is 5. The minimum Gasteiger partial charge on any atom is -0.355 e. The summed E-state index contributed by atoms with van der Waals surface area (Å²) in [4.78, 5) is 18.4. The van der Waals surface area contributed by atoms with Crippen molar-refractivity contribution in [2.75, 3.05) is 49.1 Å². The van der Waals surface area contributed by atoms with Crippen LogP contribution in [0.25, 0.3) is 0 Å². The molecule has 0 bridgehead atoms. The Morgan fingerprint density at radius 3 is 1.93 bits per heavy atom. The Labute approximate surface area is 156 Å². The standard InChI is InChI=1S/C19H21F2N5O/c20-15-4-3-14(13-16(15)21)19(27)26-11-9-25(10-12-26)18-6-5-17(22-23-18)24-7-1-2-8-24/h3-6,13H,1-2,7-12H2. The van der Waals surface area contributed by atoms with Gasteiger partial charge in [0.2, 0.25) is 0 Å². The minimum absolute atomic E-state index is 0.164. The van der Waals surface area contributed by atoms with Crippen LogP contribution in [0.1, 0.15) is 23.2 Å². The molecule has 0 radical (unpaired) electrons. The van der Waals surface area contributed by atoms with Crippen molar-refractivity contribution in [3.63, 3.8) is 0 Å². The molecule has 0 saturated carbocycles. The highest BCUT2D eigenvalue weighted by molar-refractivity contribution is 5.94. The van der Waals surface area contributed by atoms with Crippen molar-refractivity contribution >= 4 is 17.5 Å². The molecule has 142 valence electrons. The Morgan fingerprint density at radius 2 is 1.37 bits per heavy atom. The molecule has 1 amide bonds. The van der Waals surface area contributed by atoms with E-state index in [1.165, 1.54) is 18.9 Å². The molecule has 2 fully saturated rings. The second-order valence-corrected chi connectivity index (χ2v) is 6.85. The lowest BCUT2D eigenvalue weighted by molar-refractivity contribution is 0.0746. The van der Waals surface area contributed by atoms with Crippen molar-refractivity contribution in [1.29, 1.82) is 0 Å². The summed E-state index contributed by atoms with van der Waals surface area (Å²) in [5, 5.41) is 8.67. The molecule has 4 rings (SSSR count). The zero-order chi connectivity index (χ0) is 18.8. The summed E-state index contributed by atoms with van der Waals surface area (Å²) >= 11 is 0. The van der Waals surface area contributed by atoms with Gasteiger partial charge in [0.1, 0.15) is 0 Å². The number of rotatable bonds is 3. The maximum Gasteiger partial charge on any atom is 0.254 e. The van der Waals surface area contributed by atoms with E-state index in [-0.39, 0.29) is 11.5 Å². The summed E-state index contributed by atoms with van der Waals surface area (Å²) in [6, 6.07) is 7.21. The van der Waals surface area contributed by atoms with E-state index in [1.807, 2.05) is 12.1 Å². The zero-order valence-electron chi connectivity index (χ0n) is 14.9. The molecular formula is C19H21F2N5O. The van der Waals surface area contributed by atoms with Crippen LogP contribution in [-0.2, 0) is 0 Å². The number of carbonyl (C=O) groups excluding carboxylic acids is 1. The zero-order valence-corrected chi connectivity index (χ0v) is 14.9. The van der Waals surface area contributed by atoms with Gasteiger partial charge < -0.3 is 14.7 Å². The molecule has 2 aliphatic heterocycles. The summed E-state index contributed by atoms with van der Waals surface area (Å²) in [6.07, 6.45) is 2.38. The molecule has 1 aromatic carbocycles. The first-order valence-corrected chi connectivity index (χ1v) is 9.20. The molecule has 0 atom stereocenters. The van der Waals surface area contributed by atoms with E-state index in [0.29, 0.717) is 26.2 Å². The Morgan fingerprint density at radius 1 is 0.778 bits per heavy atom. The normalized spacial score (nSPS) is 17.5. The lowest BCUT2D eigenvalue weighted by Gasteiger charge is -2.35. The Balaban J connectivity index is 1.36.